The van der Waals surface area contributed by atoms with Crippen molar-refractivity contribution in [3.05, 3.63) is 35.9 Å². The van der Waals surface area contributed by atoms with Gasteiger partial charge in [0.1, 0.15) is 0 Å². The monoisotopic (exact) mass is 317 g/mol. The zero-order chi connectivity index (χ0) is 16.8. The SMILES string of the molecule is CC(CCCc1ccccc1)C(=O)N1CCC(C(=O)O)C(C)C1. The minimum absolute atomic E-state index is 0.00675. The van der Waals surface area contributed by atoms with E-state index in [1.165, 1.54) is 5.56 Å². The molecule has 0 bridgehead atoms. The summed E-state index contributed by atoms with van der Waals surface area (Å²) in [7, 11) is 0. The molecule has 1 heterocycles. The summed E-state index contributed by atoms with van der Waals surface area (Å²) < 4.78 is 0. The highest BCUT2D eigenvalue weighted by atomic mass is 16.4. The lowest BCUT2D eigenvalue weighted by Gasteiger charge is -2.36. The Labute approximate surface area is 138 Å². The van der Waals surface area contributed by atoms with Gasteiger partial charge in [0, 0.05) is 19.0 Å². The summed E-state index contributed by atoms with van der Waals surface area (Å²) in [4.78, 5) is 25.5. The molecule has 23 heavy (non-hydrogen) atoms. The first-order chi connectivity index (χ1) is 11.0. The lowest BCUT2D eigenvalue weighted by Crippen LogP contribution is -2.46. The maximum absolute atomic E-state index is 12.5. The van der Waals surface area contributed by atoms with Crippen LogP contribution >= 0.6 is 0 Å². The van der Waals surface area contributed by atoms with E-state index in [9.17, 15) is 9.59 Å². The fraction of sp³-hybridized carbons (Fsp3) is 0.579. The summed E-state index contributed by atoms with van der Waals surface area (Å²) in [5.41, 5.74) is 1.31. The molecule has 2 rings (SSSR count). The molecule has 1 aromatic carbocycles. The van der Waals surface area contributed by atoms with Gasteiger partial charge in [-0.25, -0.2) is 0 Å². The molecule has 1 aromatic rings. The number of piperidine rings is 1. The number of hydrogen-bond donors (Lipinski definition) is 1. The Hall–Kier alpha value is -1.84. The molecule has 0 aliphatic carbocycles. The number of carbonyl (C=O) groups excluding carboxylic acids is 1. The topological polar surface area (TPSA) is 57.6 Å². The molecule has 4 heteroatoms. The molecule has 1 aliphatic heterocycles. The van der Waals surface area contributed by atoms with E-state index in [0.717, 1.165) is 19.3 Å². The number of benzene rings is 1. The minimum Gasteiger partial charge on any atom is -0.481 e. The average Bonchev–Trinajstić information content (AvgIpc) is 2.54. The van der Waals surface area contributed by atoms with Gasteiger partial charge in [-0.2, -0.15) is 0 Å². The Bertz CT molecular complexity index is 529. The number of nitrogens with zero attached hydrogens (tertiary/aromatic N) is 1. The molecule has 1 N–H and O–H groups in total. The third kappa shape index (κ3) is 4.81. The normalized spacial score (nSPS) is 22.6. The molecule has 4 nitrogen and oxygen atoms in total. The van der Waals surface area contributed by atoms with Crippen LogP contribution in [0.25, 0.3) is 0 Å². The van der Waals surface area contributed by atoms with E-state index in [1.807, 2.05) is 36.9 Å². The standard InChI is InChI=1S/C19H27NO3/c1-14(7-6-10-16-8-4-3-5-9-16)18(21)20-12-11-17(19(22)23)15(2)13-20/h3-5,8-9,14-15,17H,6-7,10-13H2,1-2H3,(H,22,23). The van der Waals surface area contributed by atoms with Crippen LogP contribution in [0.1, 0.15) is 38.7 Å². The van der Waals surface area contributed by atoms with Crippen LogP contribution in [-0.2, 0) is 16.0 Å². The van der Waals surface area contributed by atoms with Crippen molar-refractivity contribution >= 4 is 11.9 Å². The molecule has 126 valence electrons. The third-order valence-electron chi connectivity index (χ3n) is 4.90. The van der Waals surface area contributed by atoms with Crippen molar-refractivity contribution in [2.75, 3.05) is 13.1 Å². The second-order valence-corrected chi connectivity index (χ2v) is 6.77. The number of hydrogen-bond acceptors (Lipinski definition) is 2. The maximum atomic E-state index is 12.5. The summed E-state index contributed by atoms with van der Waals surface area (Å²) in [6.45, 7) is 5.06. The van der Waals surface area contributed by atoms with E-state index < -0.39 is 5.97 Å². The molecule has 0 spiro atoms. The van der Waals surface area contributed by atoms with Crippen molar-refractivity contribution in [3.63, 3.8) is 0 Å². The molecule has 0 saturated carbocycles. The first-order valence-corrected chi connectivity index (χ1v) is 8.54. The number of amides is 1. The Balaban J connectivity index is 1.77. The van der Waals surface area contributed by atoms with Crippen molar-refractivity contribution < 1.29 is 14.7 Å². The van der Waals surface area contributed by atoms with Crippen LogP contribution in [0.5, 0.6) is 0 Å². The van der Waals surface area contributed by atoms with Crippen molar-refractivity contribution in [1.82, 2.24) is 4.90 Å². The van der Waals surface area contributed by atoms with Crippen LogP contribution in [0.4, 0.5) is 0 Å². The van der Waals surface area contributed by atoms with Crippen molar-refractivity contribution in [1.29, 1.82) is 0 Å². The van der Waals surface area contributed by atoms with E-state index in [1.54, 1.807) is 0 Å². The van der Waals surface area contributed by atoms with E-state index in [2.05, 4.69) is 12.1 Å². The van der Waals surface area contributed by atoms with E-state index in [-0.39, 0.29) is 23.7 Å². The molecule has 3 unspecified atom stereocenters. The Morgan fingerprint density at radius 2 is 2.00 bits per heavy atom. The second kappa shape index (κ2) is 8.14. The van der Waals surface area contributed by atoms with Gasteiger partial charge in [-0.1, -0.05) is 44.2 Å². The molecule has 1 fully saturated rings. The maximum Gasteiger partial charge on any atom is 0.306 e. The first kappa shape index (κ1) is 17.5. The van der Waals surface area contributed by atoms with Crippen LogP contribution in [-0.4, -0.2) is 35.0 Å². The van der Waals surface area contributed by atoms with Crippen LogP contribution in [0.15, 0.2) is 30.3 Å². The van der Waals surface area contributed by atoms with Gasteiger partial charge in [-0.3, -0.25) is 9.59 Å². The predicted molar refractivity (Wildman–Crippen MR) is 90.0 cm³/mol. The summed E-state index contributed by atoms with van der Waals surface area (Å²) in [6, 6.07) is 10.3. The molecule has 1 saturated heterocycles. The number of rotatable bonds is 6. The molecular formula is C19H27NO3. The number of carboxylic acid groups (broad SMARTS) is 1. The van der Waals surface area contributed by atoms with E-state index in [4.69, 9.17) is 5.11 Å². The predicted octanol–water partition coefficient (Wildman–Crippen LogP) is 3.21. The minimum atomic E-state index is -0.736. The van der Waals surface area contributed by atoms with Crippen LogP contribution in [0.2, 0.25) is 0 Å². The smallest absolute Gasteiger partial charge is 0.306 e. The van der Waals surface area contributed by atoms with Crippen molar-refractivity contribution in [2.24, 2.45) is 17.8 Å². The van der Waals surface area contributed by atoms with Crippen molar-refractivity contribution in [2.45, 2.75) is 39.5 Å². The lowest BCUT2D eigenvalue weighted by molar-refractivity contribution is -0.149. The second-order valence-electron chi connectivity index (χ2n) is 6.77. The summed E-state index contributed by atoms with van der Waals surface area (Å²) in [5, 5.41) is 9.16. The van der Waals surface area contributed by atoms with Gasteiger partial charge in [-0.15, -0.1) is 0 Å². The highest BCUT2D eigenvalue weighted by Gasteiger charge is 2.33. The van der Waals surface area contributed by atoms with Crippen LogP contribution in [0.3, 0.4) is 0 Å². The van der Waals surface area contributed by atoms with Gasteiger partial charge in [0.25, 0.3) is 0 Å². The zero-order valence-electron chi connectivity index (χ0n) is 14.1. The van der Waals surface area contributed by atoms with Gasteiger partial charge in [0.05, 0.1) is 5.92 Å². The number of likely N-dealkylation sites (tertiary alicyclic amines) is 1. The quantitative estimate of drug-likeness (QED) is 0.876. The van der Waals surface area contributed by atoms with Crippen LogP contribution in [0, 0.1) is 17.8 Å². The summed E-state index contributed by atoms with van der Waals surface area (Å²) >= 11 is 0. The fourth-order valence-electron chi connectivity index (χ4n) is 3.40. The first-order valence-electron chi connectivity index (χ1n) is 8.54. The molecule has 1 aliphatic rings. The molecule has 3 atom stereocenters. The number of carboxylic acids is 1. The Morgan fingerprint density at radius 1 is 1.30 bits per heavy atom. The van der Waals surface area contributed by atoms with Crippen molar-refractivity contribution in [3.8, 4) is 0 Å². The molecule has 1 amide bonds. The van der Waals surface area contributed by atoms with Gasteiger partial charge >= 0.3 is 5.97 Å². The number of aliphatic carboxylic acids is 1. The molecule has 0 radical (unpaired) electrons. The van der Waals surface area contributed by atoms with E-state index >= 15 is 0 Å². The fourth-order valence-corrected chi connectivity index (χ4v) is 3.40. The van der Waals surface area contributed by atoms with E-state index in [0.29, 0.717) is 19.5 Å². The summed E-state index contributed by atoms with van der Waals surface area (Å²) in [5.74, 6) is -0.837. The van der Waals surface area contributed by atoms with Gasteiger partial charge in [0.2, 0.25) is 5.91 Å². The lowest BCUT2D eigenvalue weighted by atomic mass is 9.86. The number of carbonyl (C=O) groups is 2. The van der Waals surface area contributed by atoms with Gasteiger partial charge in [-0.05, 0) is 37.2 Å². The van der Waals surface area contributed by atoms with Gasteiger partial charge < -0.3 is 10.0 Å². The van der Waals surface area contributed by atoms with Gasteiger partial charge in [0.15, 0.2) is 0 Å². The molecule has 0 aromatic heterocycles. The third-order valence-corrected chi connectivity index (χ3v) is 4.90. The largest absolute Gasteiger partial charge is 0.481 e. The summed E-state index contributed by atoms with van der Waals surface area (Å²) in [6.07, 6.45) is 3.44. The van der Waals surface area contributed by atoms with Crippen LogP contribution < -0.4 is 0 Å². The Kier molecular flexibility index (Phi) is 6.20. The molecular weight excluding hydrogens is 290 g/mol. The highest BCUT2D eigenvalue weighted by molar-refractivity contribution is 5.79. The highest BCUT2D eigenvalue weighted by Crippen LogP contribution is 2.25. The Morgan fingerprint density at radius 3 is 2.61 bits per heavy atom. The number of aryl methyl sites for hydroxylation is 1. The zero-order valence-corrected chi connectivity index (χ0v) is 14.1. The average molecular weight is 317 g/mol.